The lowest BCUT2D eigenvalue weighted by molar-refractivity contribution is -0.345. The van der Waals surface area contributed by atoms with Crippen molar-refractivity contribution in [2.75, 3.05) is 32.8 Å². The van der Waals surface area contributed by atoms with Gasteiger partial charge in [0.1, 0.15) is 83.3 Å². The molecule has 2 aromatic carbocycles. The first-order chi connectivity index (χ1) is 54.9. The molecule has 6 aliphatic carbocycles. The minimum absolute atomic E-state index is 0.0947. The molecule has 0 radical (unpaired) electrons. The first-order valence-electron chi connectivity index (χ1n) is 39.9. The number of ether oxygens (including phenoxy) is 14. The first kappa shape index (κ1) is 89.5. The number of esters is 6. The number of amides is 2. The quantitative estimate of drug-likeness (QED) is 0.0308. The number of aliphatic hydroxyl groups is 5. The van der Waals surface area contributed by atoms with Crippen molar-refractivity contribution >= 4 is 48.0 Å². The molecule has 11 aliphatic rings. The predicted molar refractivity (Wildman–Crippen MR) is 403 cm³/mol. The molecule has 5 aliphatic heterocycles. The summed E-state index contributed by atoms with van der Waals surface area (Å²) in [4.78, 5) is 109. The Hall–Kier alpha value is -7.74. The second kappa shape index (κ2) is 32.6. The van der Waals surface area contributed by atoms with Gasteiger partial charge in [-0.2, -0.15) is 0 Å². The Balaban J connectivity index is 0.000000217. The number of carbonyl (C=O) groups is 8. The summed E-state index contributed by atoms with van der Waals surface area (Å²) >= 11 is 0. The van der Waals surface area contributed by atoms with E-state index >= 15 is 0 Å². The highest BCUT2D eigenvalue weighted by Crippen LogP contribution is 2.69. The Kier molecular flexibility index (Phi) is 24.7. The molecule has 24 atom stereocenters. The van der Waals surface area contributed by atoms with E-state index in [4.69, 9.17) is 66.3 Å². The number of rotatable bonds is 19. The van der Waals surface area contributed by atoms with Gasteiger partial charge in [-0.05, 0) is 134 Å². The standard InChI is InChI=1S/C43H58F2N2O14.C41H53F2NO13/c1-21-25(56-37(52)30(50)29(35(44)45)46-38(53)61-39(3,4)5)16-43(54)34(59-36(51)23-12-10-9-11-13-23)32-41(8,15-14-26-42(32,20-55-26)60-22(2)48)33-31(28(21)40(43,6)7)57-27(58-33)19-47-17-24(49)18-47;1-10-25-53-29-26-20(2)23(52-35(48)28(46)27(33(42)43)44-36(49)57-37(4,5)6)18-41(50,38(26,7)8)32(55-34(47)22-14-12-11-13-15-22)30-39(9,31(29)54-25)17-16-24-40(30,19-51-24)56-21(3)45/h9-13,24-27,29-35,49-50,54H,14-20H2,1-8H3,(H,46,53);10-15,23-25,27-33,46,50H,1,16-19H2,2-9H3,(H,44,49)/t25-,26+,27+,29+,30+,31+,32-,33+,34-,41+,42-,43+;23-,24+,25+,27+,28+,29+,30-,31+,32-,39+,40-,41+/m00/s1. The number of aliphatic hydroxyl groups excluding tert-OH is 3. The van der Waals surface area contributed by atoms with Gasteiger partial charge in [-0.15, -0.1) is 0 Å². The Morgan fingerprint density at radius 3 is 1.31 bits per heavy atom. The van der Waals surface area contributed by atoms with Crippen LogP contribution in [0, 0.1) is 33.5 Å². The number of hydrogen-bond donors (Lipinski definition) is 7. The summed E-state index contributed by atoms with van der Waals surface area (Å²) in [5.41, 5.74) is -12.4. The van der Waals surface area contributed by atoms with Crippen LogP contribution in [-0.4, -0.2) is 262 Å². The Bertz CT molecular complexity index is 4230. The van der Waals surface area contributed by atoms with Crippen molar-refractivity contribution in [3.63, 3.8) is 0 Å². The molecule has 0 spiro atoms. The number of likely N-dealkylation sites (tertiary alicyclic amines) is 1. The summed E-state index contributed by atoms with van der Waals surface area (Å²) < 4.78 is 144. The summed E-state index contributed by atoms with van der Waals surface area (Å²) in [5, 5.41) is 63.1. The number of alkyl halides is 4. The van der Waals surface area contributed by atoms with Crippen LogP contribution >= 0.6 is 0 Å². The largest absolute Gasteiger partial charge is 0.456 e. The van der Waals surface area contributed by atoms with Crippen LogP contribution in [0.25, 0.3) is 0 Å². The highest BCUT2D eigenvalue weighted by molar-refractivity contribution is 5.90. The third kappa shape index (κ3) is 16.1. The maximum atomic E-state index is 14.4. The van der Waals surface area contributed by atoms with E-state index in [1.165, 1.54) is 61.5 Å². The van der Waals surface area contributed by atoms with Gasteiger partial charge in [-0.25, -0.2) is 46.3 Å². The second-order valence-electron chi connectivity index (χ2n) is 36.7. The number of fused-ring (bicyclic) bond motifs is 16. The molecule has 34 heteroatoms. The molecule has 9 fully saturated rings. The van der Waals surface area contributed by atoms with E-state index in [9.17, 15) is 81.5 Å². The van der Waals surface area contributed by atoms with Crippen molar-refractivity contribution in [1.82, 2.24) is 15.5 Å². The van der Waals surface area contributed by atoms with Crippen molar-refractivity contribution in [2.24, 2.45) is 33.5 Å². The van der Waals surface area contributed by atoms with E-state index in [-0.39, 0.29) is 30.9 Å². The van der Waals surface area contributed by atoms with Gasteiger partial charge in [0.15, 0.2) is 36.0 Å². The number of β-amino-alcohol motifs (C(OH)–C–C–N with tert-alkyl or cyclic N) is 1. The average Bonchev–Trinajstić information content (AvgIpc) is 1.11. The van der Waals surface area contributed by atoms with Crippen molar-refractivity contribution in [3.8, 4) is 0 Å². The average molecular weight is 1670 g/mol. The Morgan fingerprint density at radius 1 is 0.585 bits per heavy atom. The smallest absolute Gasteiger partial charge is 0.408 e. The molecule has 5 heterocycles. The van der Waals surface area contributed by atoms with Gasteiger partial charge in [0.05, 0.1) is 54.5 Å². The minimum atomic E-state index is -3.44. The zero-order valence-corrected chi connectivity index (χ0v) is 69.1. The fourth-order valence-corrected chi connectivity index (χ4v) is 20.6. The summed E-state index contributed by atoms with van der Waals surface area (Å²) in [6.07, 6.45) is -25.8. The van der Waals surface area contributed by atoms with Crippen LogP contribution in [0.15, 0.2) is 95.6 Å². The predicted octanol–water partition coefficient (Wildman–Crippen LogP) is 7.59. The fraction of sp³-hybridized carbons (Fsp3) is 0.690. The van der Waals surface area contributed by atoms with Gasteiger partial charge in [-0.3, -0.25) is 14.5 Å². The van der Waals surface area contributed by atoms with Gasteiger partial charge < -0.3 is 102 Å². The highest BCUT2D eigenvalue weighted by Gasteiger charge is 2.80. The topological polar surface area (TPSA) is 394 Å². The minimum Gasteiger partial charge on any atom is -0.456 e. The third-order valence-electron chi connectivity index (χ3n) is 26.2. The maximum Gasteiger partial charge on any atom is 0.408 e. The van der Waals surface area contributed by atoms with Crippen LogP contribution in [0.3, 0.4) is 0 Å². The van der Waals surface area contributed by atoms with E-state index in [0.717, 1.165) is 0 Å². The molecule has 30 nitrogen and oxygen atoms in total. The number of carbonyl (C=O) groups excluding carboxylic acids is 8. The van der Waals surface area contributed by atoms with Gasteiger partial charge in [-0.1, -0.05) is 84.5 Å². The lowest BCUT2D eigenvalue weighted by Gasteiger charge is -2.68. The number of nitrogens with zero attached hydrogens (tertiary/aromatic N) is 1. The molecule has 2 aromatic rings. The van der Waals surface area contributed by atoms with E-state index < -0.39 is 245 Å². The highest BCUT2D eigenvalue weighted by atomic mass is 19.3. The van der Waals surface area contributed by atoms with Crippen molar-refractivity contribution in [3.05, 3.63) is 107 Å². The molecule has 13 rings (SSSR count). The number of nitrogens with one attached hydrogen (secondary N) is 2. The molecule has 118 heavy (non-hydrogen) atoms. The van der Waals surface area contributed by atoms with Crippen LogP contribution in [0.1, 0.15) is 170 Å². The third-order valence-corrected chi connectivity index (χ3v) is 26.2. The molecule has 0 unspecified atom stereocenters. The summed E-state index contributed by atoms with van der Waals surface area (Å²) in [6.45, 7) is 30.3. The SMILES string of the molecule is C=C[C@@H]1O[C@@H]2C3=C(C)[C@@H](OC(=O)[C@H](O)[C@@H](NC(=O)OC(C)(C)C)C(F)F)C[C@@](O)([C@@H](OC(=O)c4ccccc4)[C@H]4[C@@](C)(CC[C@H]5OC[C@]54OC(C)=O)[C@@H]2O1)C3(C)C.CC(=O)O[C@@]12CO[C@@H]1CC[C@@]1(C)[C@@H]3O[C@H](CN4CC(O)C4)O[C@@H]3C3=C(C)[C@@H](OC(=O)[C@H](O)[C@@H](NC(=O)OC(C)(C)C)C(F)F)C[C@@](O)([C@@H](OC(=O)c4ccccc4)[C@@H]12)C3(C)C. The van der Waals surface area contributed by atoms with Crippen molar-refractivity contribution in [1.29, 1.82) is 0 Å². The van der Waals surface area contributed by atoms with Crippen LogP contribution in [0.4, 0.5) is 27.2 Å². The first-order valence-corrected chi connectivity index (χ1v) is 39.9. The van der Waals surface area contributed by atoms with Crippen LogP contribution < -0.4 is 10.6 Å². The number of alkyl carbamates (subject to hydrolysis) is 2. The zero-order chi connectivity index (χ0) is 86.7. The molecule has 2 amide bonds. The van der Waals surface area contributed by atoms with E-state index in [1.807, 2.05) is 29.4 Å². The molecule has 5 saturated heterocycles. The number of halogens is 4. The van der Waals surface area contributed by atoms with Gasteiger partial charge in [0, 0.05) is 68.0 Å². The van der Waals surface area contributed by atoms with Crippen LogP contribution in [0.5, 0.6) is 0 Å². The van der Waals surface area contributed by atoms with Gasteiger partial charge >= 0.3 is 48.0 Å². The normalized spacial score (nSPS) is 36.5. The molecule has 4 saturated carbocycles. The van der Waals surface area contributed by atoms with Crippen LogP contribution in [-0.2, 0) is 85.5 Å². The Morgan fingerprint density at radius 2 is 0.966 bits per heavy atom. The molecular weight excluding hydrogens is 1560 g/mol. The van der Waals surface area contributed by atoms with Crippen molar-refractivity contribution in [2.45, 2.75) is 300 Å². The van der Waals surface area contributed by atoms with Gasteiger partial charge in [0.2, 0.25) is 0 Å². The van der Waals surface area contributed by atoms with E-state index in [1.54, 1.807) is 102 Å². The Labute approximate surface area is 681 Å². The molecule has 0 aromatic heterocycles. The summed E-state index contributed by atoms with van der Waals surface area (Å²) in [7, 11) is 0. The lowest BCUT2D eigenvalue weighted by Crippen LogP contribution is -2.79. The molecule has 4 bridgehead atoms. The number of benzene rings is 2. The van der Waals surface area contributed by atoms with Gasteiger partial charge in [0.25, 0.3) is 12.9 Å². The van der Waals surface area contributed by atoms with E-state index in [0.29, 0.717) is 61.1 Å². The zero-order valence-electron chi connectivity index (χ0n) is 69.1. The maximum absolute atomic E-state index is 14.4. The monoisotopic (exact) mass is 1670 g/mol. The number of hydrogen-bond acceptors (Lipinski definition) is 28. The summed E-state index contributed by atoms with van der Waals surface area (Å²) in [6, 6.07) is 11.3. The van der Waals surface area contributed by atoms with Crippen LogP contribution in [0.2, 0.25) is 0 Å². The van der Waals surface area contributed by atoms with E-state index in [2.05, 4.69) is 6.58 Å². The molecule has 7 N–H and O–H groups in total. The molecular formula is C84H111F4N3O27. The second-order valence-corrected chi connectivity index (χ2v) is 36.7. The lowest BCUT2D eigenvalue weighted by atomic mass is 9.45. The van der Waals surface area contributed by atoms with Crippen molar-refractivity contribution < 1.29 is 148 Å². The molecule has 652 valence electrons. The fourth-order valence-electron chi connectivity index (χ4n) is 20.6. The summed E-state index contributed by atoms with van der Waals surface area (Å²) in [5.74, 6) is -8.02.